The lowest BCUT2D eigenvalue weighted by Crippen LogP contribution is -2.24. The Kier molecular flexibility index (Phi) is 5.06. The second-order valence-corrected chi connectivity index (χ2v) is 5.35. The molecule has 1 saturated carbocycles. The Hall–Kier alpha value is -1.02. The molecule has 2 nitrogen and oxygen atoms in total. The number of carbonyl (C=O) groups excluding carboxylic acids is 1. The molecule has 0 bridgehead atoms. The van der Waals surface area contributed by atoms with E-state index >= 15 is 0 Å². The summed E-state index contributed by atoms with van der Waals surface area (Å²) in [6.07, 6.45) is 5.70. The molecule has 0 aliphatic heterocycles. The van der Waals surface area contributed by atoms with Crippen LogP contribution >= 0.6 is 11.6 Å². The van der Waals surface area contributed by atoms with Crippen LogP contribution in [-0.4, -0.2) is 5.91 Å². The van der Waals surface area contributed by atoms with E-state index in [-0.39, 0.29) is 5.91 Å². The Balaban J connectivity index is 1.77. The maximum absolute atomic E-state index is 11.8. The van der Waals surface area contributed by atoms with Crippen molar-refractivity contribution < 1.29 is 4.79 Å². The minimum atomic E-state index is 0.179. The highest BCUT2D eigenvalue weighted by atomic mass is 35.5. The third-order valence-corrected chi connectivity index (χ3v) is 3.89. The lowest BCUT2D eigenvalue weighted by molar-refractivity contribution is -0.122. The molecular formula is C15H20ClNO. The average Bonchev–Trinajstić information content (AvgIpc) is 2.89. The third kappa shape index (κ3) is 4.02. The summed E-state index contributed by atoms with van der Waals surface area (Å²) in [6.45, 7) is 0.607. The Morgan fingerprint density at radius 2 is 2.00 bits per heavy atom. The SMILES string of the molecule is O=C(CC1CCCC1)NCc1cccc(CCl)c1. The van der Waals surface area contributed by atoms with Crippen LogP contribution in [0.2, 0.25) is 0 Å². The van der Waals surface area contributed by atoms with Gasteiger partial charge in [-0.1, -0.05) is 37.1 Å². The lowest BCUT2D eigenvalue weighted by atomic mass is 10.0. The molecule has 0 unspecified atom stereocenters. The van der Waals surface area contributed by atoms with Crippen molar-refractivity contribution in [2.24, 2.45) is 5.92 Å². The van der Waals surface area contributed by atoms with Gasteiger partial charge in [-0.3, -0.25) is 4.79 Å². The molecule has 18 heavy (non-hydrogen) atoms. The predicted molar refractivity (Wildman–Crippen MR) is 74.4 cm³/mol. The molecule has 1 N–H and O–H groups in total. The molecule has 1 aromatic rings. The van der Waals surface area contributed by atoms with Gasteiger partial charge < -0.3 is 5.32 Å². The monoisotopic (exact) mass is 265 g/mol. The van der Waals surface area contributed by atoms with E-state index in [0.717, 1.165) is 11.1 Å². The Bertz CT molecular complexity index is 399. The summed E-state index contributed by atoms with van der Waals surface area (Å²) >= 11 is 5.79. The van der Waals surface area contributed by atoms with Crippen LogP contribution in [0.1, 0.15) is 43.2 Å². The van der Waals surface area contributed by atoms with Crippen LogP contribution in [0.4, 0.5) is 0 Å². The molecular weight excluding hydrogens is 246 g/mol. The first-order valence-corrected chi connectivity index (χ1v) is 7.22. The standard InChI is InChI=1S/C15H20ClNO/c16-10-13-6-3-7-14(8-13)11-17-15(18)9-12-4-1-2-5-12/h3,6-8,12H,1-2,4-5,9-11H2,(H,17,18). The Labute approximate surface area is 114 Å². The lowest BCUT2D eigenvalue weighted by Gasteiger charge is -2.10. The van der Waals surface area contributed by atoms with Crippen molar-refractivity contribution in [2.75, 3.05) is 0 Å². The second kappa shape index (κ2) is 6.79. The number of benzene rings is 1. The van der Waals surface area contributed by atoms with Gasteiger partial charge in [0, 0.05) is 18.8 Å². The number of hydrogen-bond donors (Lipinski definition) is 1. The molecule has 0 aromatic heterocycles. The van der Waals surface area contributed by atoms with E-state index in [1.165, 1.54) is 25.7 Å². The summed E-state index contributed by atoms with van der Waals surface area (Å²) in [5.41, 5.74) is 2.21. The molecule has 0 spiro atoms. The first-order chi connectivity index (χ1) is 8.78. The van der Waals surface area contributed by atoms with Crippen LogP contribution in [0.15, 0.2) is 24.3 Å². The minimum Gasteiger partial charge on any atom is -0.352 e. The van der Waals surface area contributed by atoms with Gasteiger partial charge in [-0.05, 0) is 29.9 Å². The van der Waals surface area contributed by atoms with Crippen molar-refractivity contribution >= 4 is 17.5 Å². The van der Waals surface area contributed by atoms with Crippen LogP contribution in [0, 0.1) is 5.92 Å². The summed E-state index contributed by atoms with van der Waals surface area (Å²) in [4.78, 5) is 11.8. The van der Waals surface area contributed by atoms with Gasteiger partial charge in [0.25, 0.3) is 0 Å². The van der Waals surface area contributed by atoms with Gasteiger partial charge in [0.2, 0.25) is 5.91 Å². The third-order valence-electron chi connectivity index (χ3n) is 3.58. The Morgan fingerprint density at radius 3 is 2.72 bits per heavy atom. The molecule has 0 radical (unpaired) electrons. The molecule has 1 fully saturated rings. The van der Waals surface area contributed by atoms with Crippen LogP contribution < -0.4 is 5.32 Å². The molecule has 98 valence electrons. The number of alkyl halides is 1. The van der Waals surface area contributed by atoms with Gasteiger partial charge in [0.05, 0.1) is 0 Å². The zero-order valence-electron chi connectivity index (χ0n) is 10.6. The zero-order chi connectivity index (χ0) is 12.8. The summed E-state index contributed by atoms with van der Waals surface area (Å²) in [7, 11) is 0. The fourth-order valence-electron chi connectivity index (χ4n) is 2.57. The number of rotatable bonds is 5. The summed E-state index contributed by atoms with van der Waals surface area (Å²) < 4.78 is 0. The molecule has 1 aliphatic carbocycles. The molecule has 0 heterocycles. The largest absolute Gasteiger partial charge is 0.352 e. The van der Waals surface area contributed by atoms with Crippen molar-refractivity contribution in [3.8, 4) is 0 Å². The van der Waals surface area contributed by atoms with E-state index in [0.29, 0.717) is 24.8 Å². The summed E-state index contributed by atoms with van der Waals surface area (Å²) in [5, 5.41) is 3.00. The summed E-state index contributed by atoms with van der Waals surface area (Å²) in [6, 6.07) is 8.04. The van der Waals surface area contributed by atoms with E-state index in [4.69, 9.17) is 11.6 Å². The highest BCUT2D eigenvalue weighted by Crippen LogP contribution is 2.27. The van der Waals surface area contributed by atoms with Gasteiger partial charge >= 0.3 is 0 Å². The van der Waals surface area contributed by atoms with E-state index in [1.54, 1.807) is 0 Å². The molecule has 1 amide bonds. The quantitative estimate of drug-likeness (QED) is 0.810. The van der Waals surface area contributed by atoms with Crippen molar-refractivity contribution in [1.82, 2.24) is 5.32 Å². The number of hydrogen-bond acceptors (Lipinski definition) is 1. The maximum atomic E-state index is 11.8. The zero-order valence-corrected chi connectivity index (χ0v) is 11.4. The number of amides is 1. The van der Waals surface area contributed by atoms with Gasteiger partial charge in [-0.15, -0.1) is 11.6 Å². The maximum Gasteiger partial charge on any atom is 0.220 e. The molecule has 3 heteroatoms. The molecule has 1 aliphatic rings. The van der Waals surface area contributed by atoms with Crippen LogP contribution in [-0.2, 0) is 17.2 Å². The van der Waals surface area contributed by atoms with E-state index in [2.05, 4.69) is 5.32 Å². The number of carbonyl (C=O) groups is 1. The highest BCUT2D eigenvalue weighted by Gasteiger charge is 2.17. The van der Waals surface area contributed by atoms with Gasteiger partial charge in [-0.2, -0.15) is 0 Å². The highest BCUT2D eigenvalue weighted by molar-refractivity contribution is 6.17. The molecule has 0 atom stereocenters. The van der Waals surface area contributed by atoms with Gasteiger partial charge in [0.1, 0.15) is 0 Å². The smallest absolute Gasteiger partial charge is 0.220 e. The topological polar surface area (TPSA) is 29.1 Å². The van der Waals surface area contributed by atoms with Crippen molar-refractivity contribution in [1.29, 1.82) is 0 Å². The van der Waals surface area contributed by atoms with E-state index < -0.39 is 0 Å². The fourth-order valence-corrected chi connectivity index (χ4v) is 2.74. The van der Waals surface area contributed by atoms with Crippen LogP contribution in [0.3, 0.4) is 0 Å². The van der Waals surface area contributed by atoms with Crippen molar-refractivity contribution in [3.05, 3.63) is 35.4 Å². The Morgan fingerprint density at radius 1 is 1.28 bits per heavy atom. The van der Waals surface area contributed by atoms with Gasteiger partial charge in [-0.25, -0.2) is 0 Å². The van der Waals surface area contributed by atoms with Crippen molar-refractivity contribution in [2.45, 2.75) is 44.5 Å². The first-order valence-electron chi connectivity index (χ1n) is 6.68. The van der Waals surface area contributed by atoms with Crippen molar-refractivity contribution in [3.63, 3.8) is 0 Å². The van der Waals surface area contributed by atoms with E-state index in [9.17, 15) is 4.79 Å². The summed E-state index contributed by atoms with van der Waals surface area (Å²) in [5.74, 6) is 1.31. The fraction of sp³-hybridized carbons (Fsp3) is 0.533. The average molecular weight is 266 g/mol. The normalized spacial score (nSPS) is 15.8. The number of nitrogens with one attached hydrogen (secondary N) is 1. The van der Waals surface area contributed by atoms with Gasteiger partial charge in [0.15, 0.2) is 0 Å². The minimum absolute atomic E-state index is 0.179. The predicted octanol–water partition coefficient (Wildman–Crippen LogP) is 3.62. The van der Waals surface area contributed by atoms with Crippen LogP contribution in [0.5, 0.6) is 0 Å². The van der Waals surface area contributed by atoms with E-state index in [1.807, 2.05) is 24.3 Å². The molecule has 0 saturated heterocycles. The van der Waals surface area contributed by atoms with Crippen LogP contribution in [0.25, 0.3) is 0 Å². The first kappa shape index (κ1) is 13.4. The molecule has 1 aromatic carbocycles. The second-order valence-electron chi connectivity index (χ2n) is 5.08. The molecule has 2 rings (SSSR count). The number of halogens is 1.